The van der Waals surface area contributed by atoms with Crippen LogP contribution in [0.25, 0.3) is 23.5 Å². The Hall–Kier alpha value is -2.23. The second-order valence-corrected chi connectivity index (χ2v) is 5.56. The van der Waals surface area contributed by atoms with E-state index < -0.39 is 0 Å². The van der Waals surface area contributed by atoms with Gasteiger partial charge in [0.05, 0.1) is 15.7 Å². The van der Waals surface area contributed by atoms with E-state index in [1.165, 1.54) is 0 Å². The molecule has 0 spiro atoms. The first kappa shape index (κ1) is 14.7. The fourth-order valence-corrected chi connectivity index (χ4v) is 2.36. The fourth-order valence-electron chi connectivity index (χ4n) is 2.06. The largest absolute Gasteiger partial charge is 0.369 e. The average Bonchev–Trinajstić information content (AvgIpc) is 2.90. The van der Waals surface area contributed by atoms with Gasteiger partial charge in [-0.2, -0.15) is 0 Å². The third-order valence-electron chi connectivity index (χ3n) is 3.20. The summed E-state index contributed by atoms with van der Waals surface area (Å²) >= 11 is 11.9. The highest BCUT2D eigenvalue weighted by molar-refractivity contribution is 6.42. The number of aromatic nitrogens is 2. The van der Waals surface area contributed by atoms with Crippen LogP contribution < -0.4 is 5.73 Å². The molecule has 0 amide bonds. The molecule has 0 aliphatic carbocycles. The lowest BCUT2D eigenvalue weighted by Gasteiger charge is -1.99. The van der Waals surface area contributed by atoms with Gasteiger partial charge in [-0.3, -0.25) is 4.57 Å². The molecule has 3 nitrogen and oxygen atoms in total. The predicted molar refractivity (Wildman–Crippen MR) is 93.8 cm³/mol. The number of hydrogen-bond acceptors (Lipinski definition) is 2. The molecule has 0 aliphatic heterocycles. The standard InChI is InChI=1S/C17H13Cl2N3/c18-14-7-6-12(10-15(14)19)8-9-22-11-16(21-17(22)20)13-4-2-1-3-5-13/h1-11H,(H2,20,21)/b9-8+. The van der Waals surface area contributed by atoms with Crippen LogP contribution in [0, 0.1) is 0 Å². The first-order chi connectivity index (χ1) is 10.6. The Labute approximate surface area is 138 Å². The van der Waals surface area contributed by atoms with Crippen molar-refractivity contribution in [3.05, 3.63) is 70.3 Å². The normalized spacial score (nSPS) is 11.2. The molecule has 0 fully saturated rings. The Morgan fingerprint density at radius 3 is 2.50 bits per heavy atom. The molecule has 0 radical (unpaired) electrons. The molecule has 0 aliphatic rings. The summed E-state index contributed by atoms with van der Waals surface area (Å²) < 4.78 is 1.77. The minimum atomic E-state index is 0.426. The summed E-state index contributed by atoms with van der Waals surface area (Å²) in [6, 6.07) is 15.3. The predicted octanol–water partition coefficient (Wildman–Crippen LogP) is 5.07. The Kier molecular flexibility index (Phi) is 4.18. The van der Waals surface area contributed by atoms with Gasteiger partial charge in [0.15, 0.2) is 0 Å². The Morgan fingerprint density at radius 2 is 1.77 bits per heavy atom. The Bertz CT molecular complexity index is 823. The lowest BCUT2D eigenvalue weighted by molar-refractivity contribution is 1.16. The first-order valence-corrected chi connectivity index (χ1v) is 7.42. The van der Waals surface area contributed by atoms with Crippen molar-refractivity contribution in [1.29, 1.82) is 0 Å². The van der Waals surface area contributed by atoms with Crippen LogP contribution in [0.2, 0.25) is 10.0 Å². The second-order valence-electron chi connectivity index (χ2n) is 4.75. The van der Waals surface area contributed by atoms with Gasteiger partial charge in [0.1, 0.15) is 0 Å². The molecule has 0 bridgehead atoms. The molecule has 0 unspecified atom stereocenters. The summed E-state index contributed by atoms with van der Waals surface area (Å²) in [5.41, 5.74) is 8.74. The van der Waals surface area contributed by atoms with E-state index in [4.69, 9.17) is 28.9 Å². The molecule has 1 heterocycles. The Balaban J connectivity index is 1.88. The molecular formula is C17H13Cl2N3. The van der Waals surface area contributed by atoms with Crippen LogP contribution in [0.5, 0.6) is 0 Å². The molecule has 2 aromatic carbocycles. The number of nitrogens with zero attached hydrogens (tertiary/aromatic N) is 2. The molecule has 110 valence electrons. The van der Waals surface area contributed by atoms with Crippen molar-refractivity contribution >= 4 is 41.4 Å². The maximum Gasteiger partial charge on any atom is 0.204 e. The summed E-state index contributed by atoms with van der Waals surface area (Å²) in [6.07, 6.45) is 5.63. The highest BCUT2D eigenvalue weighted by Crippen LogP contribution is 2.24. The third kappa shape index (κ3) is 3.16. The Morgan fingerprint density at radius 1 is 1.00 bits per heavy atom. The number of halogens is 2. The lowest BCUT2D eigenvalue weighted by atomic mass is 10.2. The van der Waals surface area contributed by atoms with Crippen molar-refractivity contribution in [2.75, 3.05) is 5.73 Å². The van der Waals surface area contributed by atoms with E-state index in [0.29, 0.717) is 16.0 Å². The SMILES string of the molecule is Nc1nc(-c2ccccc2)cn1/C=C/c1ccc(Cl)c(Cl)c1. The van der Waals surface area contributed by atoms with E-state index in [9.17, 15) is 0 Å². The van der Waals surface area contributed by atoms with Gasteiger partial charge < -0.3 is 5.73 Å². The summed E-state index contributed by atoms with van der Waals surface area (Å²) in [6.45, 7) is 0. The maximum absolute atomic E-state index is 6.00. The van der Waals surface area contributed by atoms with E-state index in [2.05, 4.69) is 4.98 Å². The van der Waals surface area contributed by atoms with E-state index in [1.54, 1.807) is 16.7 Å². The topological polar surface area (TPSA) is 43.8 Å². The average molecular weight is 330 g/mol. The van der Waals surface area contributed by atoms with Crippen LogP contribution in [-0.4, -0.2) is 9.55 Å². The lowest BCUT2D eigenvalue weighted by Crippen LogP contribution is -1.94. The van der Waals surface area contributed by atoms with Gasteiger partial charge in [0, 0.05) is 18.0 Å². The fraction of sp³-hybridized carbons (Fsp3) is 0. The van der Waals surface area contributed by atoms with Gasteiger partial charge in [-0.15, -0.1) is 0 Å². The van der Waals surface area contributed by atoms with Crippen molar-refractivity contribution in [2.45, 2.75) is 0 Å². The van der Waals surface area contributed by atoms with Crippen molar-refractivity contribution in [3.8, 4) is 11.3 Å². The molecule has 0 saturated heterocycles. The number of nitrogen functional groups attached to an aromatic ring is 1. The molecule has 3 aromatic rings. The summed E-state index contributed by atoms with van der Waals surface area (Å²) in [5.74, 6) is 0.426. The number of nitrogens with two attached hydrogens (primary N) is 1. The minimum absolute atomic E-state index is 0.426. The van der Waals surface area contributed by atoms with Crippen LogP contribution in [0.1, 0.15) is 5.56 Å². The van der Waals surface area contributed by atoms with Crippen LogP contribution in [-0.2, 0) is 0 Å². The van der Waals surface area contributed by atoms with Crippen molar-refractivity contribution < 1.29 is 0 Å². The van der Waals surface area contributed by atoms with Crippen molar-refractivity contribution in [2.24, 2.45) is 0 Å². The third-order valence-corrected chi connectivity index (χ3v) is 3.94. The van der Waals surface area contributed by atoms with Gasteiger partial charge in [0.2, 0.25) is 5.95 Å². The van der Waals surface area contributed by atoms with E-state index >= 15 is 0 Å². The summed E-state index contributed by atoms with van der Waals surface area (Å²) in [4.78, 5) is 4.37. The zero-order valence-corrected chi connectivity index (χ0v) is 13.1. The molecule has 0 atom stereocenters. The van der Waals surface area contributed by atoms with Crippen LogP contribution in [0.3, 0.4) is 0 Å². The van der Waals surface area contributed by atoms with Crippen LogP contribution >= 0.6 is 23.2 Å². The molecule has 22 heavy (non-hydrogen) atoms. The number of benzene rings is 2. The highest BCUT2D eigenvalue weighted by Gasteiger charge is 2.04. The van der Waals surface area contributed by atoms with Gasteiger partial charge >= 0.3 is 0 Å². The van der Waals surface area contributed by atoms with Crippen LogP contribution in [0.4, 0.5) is 5.95 Å². The van der Waals surface area contributed by atoms with E-state index in [-0.39, 0.29) is 0 Å². The molecule has 2 N–H and O–H groups in total. The van der Waals surface area contributed by atoms with Crippen molar-refractivity contribution in [3.63, 3.8) is 0 Å². The van der Waals surface area contributed by atoms with Gasteiger partial charge in [-0.25, -0.2) is 4.98 Å². The monoisotopic (exact) mass is 329 g/mol. The number of hydrogen-bond donors (Lipinski definition) is 1. The van der Waals surface area contributed by atoms with Crippen molar-refractivity contribution in [1.82, 2.24) is 9.55 Å². The maximum atomic E-state index is 6.00. The first-order valence-electron chi connectivity index (χ1n) is 6.66. The smallest absolute Gasteiger partial charge is 0.204 e. The zero-order valence-electron chi connectivity index (χ0n) is 11.6. The summed E-state index contributed by atoms with van der Waals surface area (Å²) in [7, 11) is 0. The van der Waals surface area contributed by atoms with Gasteiger partial charge in [-0.05, 0) is 23.8 Å². The highest BCUT2D eigenvalue weighted by atomic mass is 35.5. The van der Waals surface area contributed by atoms with Gasteiger partial charge in [0.25, 0.3) is 0 Å². The molecule has 0 saturated carbocycles. The number of imidazole rings is 1. The molecular weight excluding hydrogens is 317 g/mol. The zero-order chi connectivity index (χ0) is 15.5. The van der Waals surface area contributed by atoms with E-state index in [1.807, 2.05) is 54.9 Å². The molecule has 1 aromatic heterocycles. The summed E-state index contributed by atoms with van der Waals surface area (Å²) in [5, 5.41) is 1.06. The van der Waals surface area contributed by atoms with Crippen LogP contribution in [0.15, 0.2) is 54.7 Å². The quantitative estimate of drug-likeness (QED) is 0.729. The van der Waals surface area contributed by atoms with E-state index in [0.717, 1.165) is 16.8 Å². The number of anilines is 1. The van der Waals surface area contributed by atoms with Gasteiger partial charge in [-0.1, -0.05) is 59.6 Å². The molecule has 5 heteroatoms. The second kappa shape index (κ2) is 6.26. The number of rotatable bonds is 3. The molecule has 3 rings (SSSR count). The minimum Gasteiger partial charge on any atom is -0.369 e.